The third kappa shape index (κ3) is 3.23. The molecule has 3 heteroatoms. The van der Waals surface area contributed by atoms with Gasteiger partial charge in [-0.05, 0) is 60.2 Å². The monoisotopic (exact) mass is 318 g/mol. The highest BCUT2D eigenvalue weighted by atomic mass is 16.6. The second-order valence-corrected chi connectivity index (χ2v) is 10.2. The highest BCUT2D eigenvalue weighted by Gasteiger charge is 2.54. The summed E-state index contributed by atoms with van der Waals surface area (Å²) in [7, 11) is -0.0593. The predicted molar refractivity (Wildman–Crippen MR) is 97.1 cm³/mol. The lowest BCUT2D eigenvalue weighted by Gasteiger charge is -2.55. The molecule has 3 aliphatic rings. The van der Waals surface area contributed by atoms with Crippen LogP contribution >= 0.6 is 0 Å². The lowest BCUT2D eigenvalue weighted by atomic mass is 9.57. The summed E-state index contributed by atoms with van der Waals surface area (Å²) >= 11 is 0. The SMILES string of the molecule is CCB1OC2=C(C(C)CC(C)(C)C2)C2(CC(C)CC(C)(C)C2)O1. The Morgan fingerprint density at radius 2 is 1.74 bits per heavy atom. The normalized spacial score (nSPS) is 39.2. The molecule has 1 heterocycles. The lowest BCUT2D eigenvalue weighted by molar-refractivity contribution is -0.0541. The van der Waals surface area contributed by atoms with E-state index in [1.165, 1.54) is 30.6 Å². The first-order chi connectivity index (χ1) is 10.6. The Morgan fingerprint density at radius 3 is 2.35 bits per heavy atom. The van der Waals surface area contributed by atoms with Crippen LogP contribution in [0.3, 0.4) is 0 Å². The van der Waals surface area contributed by atoms with E-state index in [9.17, 15) is 0 Å². The van der Waals surface area contributed by atoms with E-state index < -0.39 is 0 Å². The molecule has 0 saturated heterocycles. The van der Waals surface area contributed by atoms with Crippen LogP contribution in [0, 0.1) is 22.7 Å². The molecule has 0 aromatic heterocycles. The minimum atomic E-state index is -0.0780. The summed E-state index contributed by atoms with van der Waals surface area (Å²) < 4.78 is 13.0. The van der Waals surface area contributed by atoms with E-state index in [1.807, 2.05) is 0 Å². The van der Waals surface area contributed by atoms with Crippen molar-refractivity contribution in [3.63, 3.8) is 0 Å². The van der Waals surface area contributed by atoms with Crippen LogP contribution in [0.25, 0.3) is 0 Å². The van der Waals surface area contributed by atoms with Crippen molar-refractivity contribution in [1.29, 1.82) is 0 Å². The zero-order valence-electron chi connectivity index (χ0n) is 16.3. The fourth-order valence-electron chi connectivity index (χ4n) is 6.07. The molecule has 2 aliphatic carbocycles. The molecule has 1 aliphatic heterocycles. The van der Waals surface area contributed by atoms with Gasteiger partial charge in [0.2, 0.25) is 0 Å². The van der Waals surface area contributed by atoms with Gasteiger partial charge in [-0.2, -0.15) is 0 Å². The van der Waals surface area contributed by atoms with Gasteiger partial charge >= 0.3 is 7.12 Å². The van der Waals surface area contributed by atoms with Gasteiger partial charge in [-0.3, -0.25) is 0 Å². The summed E-state index contributed by atoms with van der Waals surface area (Å²) in [5.74, 6) is 2.55. The molecule has 1 fully saturated rings. The molecule has 1 spiro atoms. The van der Waals surface area contributed by atoms with E-state index in [-0.39, 0.29) is 12.7 Å². The van der Waals surface area contributed by atoms with Gasteiger partial charge in [0.05, 0.1) is 11.4 Å². The van der Waals surface area contributed by atoms with Crippen molar-refractivity contribution in [1.82, 2.24) is 0 Å². The van der Waals surface area contributed by atoms with Gasteiger partial charge in [-0.25, -0.2) is 0 Å². The van der Waals surface area contributed by atoms with E-state index in [4.69, 9.17) is 9.31 Å². The Labute approximate surface area is 143 Å². The zero-order valence-corrected chi connectivity index (χ0v) is 16.3. The predicted octanol–water partition coefficient (Wildman–Crippen LogP) is 5.84. The van der Waals surface area contributed by atoms with Crippen molar-refractivity contribution in [2.24, 2.45) is 22.7 Å². The minimum Gasteiger partial charge on any atom is -0.539 e. The van der Waals surface area contributed by atoms with Gasteiger partial charge in [-0.1, -0.05) is 48.5 Å². The summed E-state index contributed by atoms with van der Waals surface area (Å²) in [5, 5.41) is 0. The second kappa shape index (κ2) is 5.54. The molecule has 130 valence electrons. The highest BCUT2D eigenvalue weighted by Crippen LogP contribution is 2.57. The summed E-state index contributed by atoms with van der Waals surface area (Å²) in [5.41, 5.74) is 2.12. The number of rotatable bonds is 1. The quantitative estimate of drug-likeness (QED) is 0.566. The van der Waals surface area contributed by atoms with Gasteiger partial charge in [-0.15, -0.1) is 0 Å². The zero-order chi connectivity index (χ0) is 17.0. The molecule has 0 aromatic rings. The average molecular weight is 318 g/mol. The van der Waals surface area contributed by atoms with Crippen LogP contribution in [0.2, 0.25) is 6.32 Å². The van der Waals surface area contributed by atoms with Crippen LogP contribution < -0.4 is 0 Å². The minimum absolute atomic E-state index is 0.0593. The molecule has 23 heavy (non-hydrogen) atoms. The number of fused-ring (bicyclic) bond motifs is 1. The van der Waals surface area contributed by atoms with Crippen LogP contribution in [0.15, 0.2) is 11.3 Å². The van der Waals surface area contributed by atoms with Crippen LogP contribution in [0.1, 0.15) is 80.6 Å². The van der Waals surface area contributed by atoms with Gasteiger partial charge in [0, 0.05) is 6.42 Å². The summed E-state index contributed by atoms with van der Waals surface area (Å²) in [6.07, 6.45) is 6.86. The average Bonchev–Trinajstić information content (AvgIpc) is 2.32. The molecule has 0 N–H and O–H groups in total. The van der Waals surface area contributed by atoms with Crippen molar-refractivity contribution in [2.45, 2.75) is 92.5 Å². The molecule has 0 aromatic carbocycles. The van der Waals surface area contributed by atoms with E-state index in [0.29, 0.717) is 22.7 Å². The highest BCUT2D eigenvalue weighted by molar-refractivity contribution is 6.45. The maximum Gasteiger partial charge on any atom is 0.525 e. The maximum atomic E-state index is 6.70. The standard InChI is InChI=1S/C20H35BO2/c1-8-21-22-16-12-18(4,5)11-15(3)17(16)20(23-21)10-14(2)9-19(6,7)13-20/h14-15H,8-13H2,1-7H3. The largest absolute Gasteiger partial charge is 0.539 e. The fraction of sp³-hybridized carbons (Fsp3) is 0.900. The molecule has 0 amide bonds. The maximum absolute atomic E-state index is 6.70. The van der Waals surface area contributed by atoms with Crippen molar-refractivity contribution >= 4 is 7.12 Å². The van der Waals surface area contributed by atoms with Crippen LogP contribution in [-0.2, 0) is 9.31 Å². The Balaban J connectivity index is 2.07. The Bertz CT molecular complexity index is 508. The fourth-order valence-corrected chi connectivity index (χ4v) is 6.07. The first-order valence-corrected chi connectivity index (χ1v) is 9.64. The van der Waals surface area contributed by atoms with E-state index in [1.54, 1.807) is 0 Å². The Kier molecular flexibility index (Phi) is 4.19. The summed E-state index contributed by atoms with van der Waals surface area (Å²) in [6, 6.07) is 0. The molecule has 3 atom stereocenters. The van der Waals surface area contributed by atoms with Gasteiger partial charge in [0.1, 0.15) is 0 Å². The van der Waals surface area contributed by atoms with Crippen molar-refractivity contribution < 1.29 is 9.31 Å². The van der Waals surface area contributed by atoms with E-state index >= 15 is 0 Å². The molecular weight excluding hydrogens is 283 g/mol. The molecular formula is C20H35BO2. The van der Waals surface area contributed by atoms with Crippen LogP contribution in [-0.4, -0.2) is 12.7 Å². The first kappa shape index (κ1) is 17.4. The smallest absolute Gasteiger partial charge is 0.525 e. The molecule has 3 rings (SSSR count). The topological polar surface area (TPSA) is 18.5 Å². The third-order valence-electron chi connectivity index (χ3n) is 6.09. The Morgan fingerprint density at radius 1 is 1.04 bits per heavy atom. The Hall–Kier alpha value is -0.435. The number of hydrogen-bond donors (Lipinski definition) is 0. The number of hydrogen-bond acceptors (Lipinski definition) is 2. The molecule has 2 nitrogen and oxygen atoms in total. The summed E-state index contributed by atoms with van der Waals surface area (Å²) in [6.45, 7) is 16.6. The first-order valence-electron chi connectivity index (χ1n) is 9.64. The van der Waals surface area contributed by atoms with Gasteiger partial charge in [0.15, 0.2) is 0 Å². The second-order valence-electron chi connectivity index (χ2n) is 10.2. The van der Waals surface area contributed by atoms with E-state index in [2.05, 4.69) is 48.5 Å². The van der Waals surface area contributed by atoms with Crippen molar-refractivity contribution in [3.05, 3.63) is 11.3 Å². The summed E-state index contributed by atoms with van der Waals surface area (Å²) in [4.78, 5) is 0. The molecule has 0 bridgehead atoms. The van der Waals surface area contributed by atoms with E-state index in [0.717, 1.165) is 19.2 Å². The number of allylic oxidation sites excluding steroid dienone is 1. The van der Waals surface area contributed by atoms with Crippen molar-refractivity contribution in [3.8, 4) is 0 Å². The van der Waals surface area contributed by atoms with Gasteiger partial charge < -0.3 is 9.31 Å². The van der Waals surface area contributed by atoms with Crippen LogP contribution in [0.5, 0.6) is 0 Å². The third-order valence-corrected chi connectivity index (χ3v) is 6.09. The molecule has 1 saturated carbocycles. The van der Waals surface area contributed by atoms with Crippen LogP contribution in [0.4, 0.5) is 0 Å². The lowest BCUT2D eigenvalue weighted by Crippen LogP contribution is -2.55. The van der Waals surface area contributed by atoms with Crippen molar-refractivity contribution in [2.75, 3.05) is 0 Å². The molecule has 0 radical (unpaired) electrons. The molecule has 3 unspecified atom stereocenters. The van der Waals surface area contributed by atoms with Gasteiger partial charge in [0.25, 0.3) is 0 Å².